The molecule has 0 spiro atoms. The highest BCUT2D eigenvalue weighted by molar-refractivity contribution is 5.70. The highest BCUT2D eigenvalue weighted by Gasteiger charge is 2.30. The summed E-state index contributed by atoms with van der Waals surface area (Å²) >= 11 is 0. The molecule has 0 heterocycles. The molecular formula is C7H14O3. The first-order chi connectivity index (χ1) is 4.41. The number of carboxylic acid groups (broad SMARTS) is 1. The molecule has 1 N–H and O–H groups in total. The maximum Gasteiger partial charge on any atom is 0.309 e. The first-order valence-electron chi connectivity index (χ1n) is 3.19. The molecule has 0 aliphatic carbocycles. The van der Waals surface area contributed by atoms with E-state index < -0.39 is 17.5 Å². The molecule has 0 aliphatic rings. The lowest BCUT2D eigenvalue weighted by Crippen LogP contribution is -2.36. The number of rotatable bonds is 3. The van der Waals surface area contributed by atoms with Gasteiger partial charge in [-0.05, 0) is 20.8 Å². The van der Waals surface area contributed by atoms with Crippen LogP contribution in [0, 0.1) is 5.92 Å². The van der Waals surface area contributed by atoms with Crippen LogP contribution in [-0.2, 0) is 9.53 Å². The van der Waals surface area contributed by atoms with E-state index in [1.165, 1.54) is 7.11 Å². The van der Waals surface area contributed by atoms with Crippen LogP contribution < -0.4 is 0 Å². The van der Waals surface area contributed by atoms with Gasteiger partial charge in [-0.1, -0.05) is 0 Å². The van der Waals surface area contributed by atoms with Crippen molar-refractivity contribution in [1.29, 1.82) is 0 Å². The van der Waals surface area contributed by atoms with Crippen LogP contribution in [0.25, 0.3) is 0 Å². The van der Waals surface area contributed by atoms with E-state index in [-0.39, 0.29) is 0 Å². The summed E-state index contributed by atoms with van der Waals surface area (Å²) < 4.78 is 4.98. The summed E-state index contributed by atoms with van der Waals surface area (Å²) in [4.78, 5) is 10.4. The van der Waals surface area contributed by atoms with Crippen LogP contribution in [-0.4, -0.2) is 23.8 Å². The van der Waals surface area contributed by atoms with Gasteiger partial charge >= 0.3 is 5.97 Å². The first-order valence-corrected chi connectivity index (χ1v) is 3.19. The van der Waals surface area contributed by atoms with Gasteiger partial charge in [-0.2, -0.15) is 0 Å². The van der Waals surface area contributed by atoms with E-state index in [0.29, 0.717) is 0 Å². The molecule has 0 saturated heterocycles. The Bertz CT molecular complexity index is 129. The summed E-state index contributed by atoms with van der Waals surface area (Å²) in [6, 6.07) is 0. The Morgan fingerprint density at radius 1 is 1.60 bits per heavy atom. The van der Waals surface area contributed by atoms with Crippen LogP contribution in [0.1, 0.15) is 20.8 Å². The summed E-state index contributed by atoms with van der Waals surface area (Å²) in [5, 5.41) is 8.57. The van der Waals surface area contributed by atoms with Gasteiger partial charge in [0.05, 0.1) is 11.5 Å². The number of hydrogen-bond donors (Lipinski definition) is 1. The van der Waals surface area contributed by atoms with E-state index in [9.17, 15) is 4.79 Å². The van der Waals surface area contributed by atoms with Crippen molar-refractivity contribution < 1.29 is 14.6 Å². The number of aliphatic carboxylic acids is 1. The fourth-order valence-electron chi connectivity index (χ4n) is 0.474. The van der Waals surface area contributed by atoms with Crippen LogP contribution in [0.5, 0.6) is 0 Å². The fourth-order valence-corrected chi connectivity index (χ4v) is 0.474. The molecule has 0 bridgehead atoms. The minimum atomic E-state index is -0.827. The number of carboxylic acids is 1. The van der Waals surface area contributed by atoms with Gasteiger partial charge in [-0.15, -0.1) is 0 Å². The van der Waals surface area contributed by atoms with E-state index in [1.807, 2.05) is 0 Å². The van der Waals surface area contributed by atoms with Crippen LogP contribution in [0.2, 0.25) is 0 Å². The zero-order chi connectivity index (χ0) is 8.36. The Morgan fingerprint density at radius 2 is 2.00 bits per heavy atom. The molecule has 0 rings (SSSR count). The molecule has 0 aromatic carbocycles. The van der Waals surface area contributed by atoms with Crippen LogP contribution in [0.15, 0.2) is 0 Å². The fraction of sp³-hybridized carbons (Fsp3) is 0.857. The van der Waals surface area contributed by atoms with Crippen LogP contribution in [0.3, 0.4) is 0 Å². The quantitative estimate of drug-likeness (QED) is 0.649. The first kappa shape index (κ1) is 9.43. The third kappa shape index (κ3) is 1.99. The Hall–Kier alpha value is -0.570. The maximum absolute atomic E-state index is 10.4. The summed E-state index contributed by atoms with van der Waals surface area (Å²) in [7, 11) is 1.51. The van der Waals surface area contributed by atoms with Crippen molar-refractivity contribution in [3.05, 3.63) is 0 Å². The van der Waals surface area contributed by atoms with Gasteiger partial charge < -0.3 is 9.84 Å². The monoisotopic (exact) mass is 146 g/mol. The van der Waals surface area contributed by atoms with Gasteiger partial charge in [0.15, 0.2) is 0 Å². The second-order valence-electron chi connectivity index (χ2n) is 2.87. The third-order valence-electron chi connectivity index (χ3n) is 1.94. The van der Waals surface area contributed by atoms with Crippen molar-refractivity contribution in [2.75, 3.05) is 7.11 Å². The molecule has 0 aliphatic heterocycles. The number of methoxy groups -OCH3 is 1. The minimum Gasteiger partial charge on any atom is -0.481 e. The van der Waals surface area contributed by atoms with Crippen LogP contribution in [0.4, 0.5) is 0 Å². The summed E-state index contributed by atoms with van der Waals surface area (Å²) in [6.07, 6.45) is 0. The molecule has 0 radical (unpaired) electrons. The standard InChI is InChI=1S/C7H14O3/c1-5(6(8)9)7(2,3)10-4/h5H,1-4H3,(H,8,9). The van der Waals surface area contributed by atoms with Crippen molar-refractivity contribution in [2.24, 2.45) is 5.92 Å². The second-order valence-corrected chi connectivity index (χ2v) is 2.87. The Balaban J connectivity index is 4.17. The summed E-state index contributed by atoms with van der Waals surface area (Å²) in [5.74, 6) is -1.30. The van der Waals surface area contributed by atoms with E-state index in [4.69, 9.17) is 9.84 Å². The molecule has 10 heavy (non-hydrogen) atoms. The molecule has 0 amide bonds. The zero-order valence-electron chi connectivity index (χ0n) is 6.84. The molecule has 0 aromatic rings. The van der Waals surface area contributed by atoms with Crippen molar-refractivity contribution in [1.82, 2.24) is 0 Å². The average molecular weight is 146 g/mol. The molecule has 1 unspecified atom stereocenters. The predicted octanol–water partition coefficient (Wildman–Crippen LogP) is 1.13. The van der Waals surface area contributed by atoms with Crippen LogP contribution >= 0.6 is 0 Å². The van der Waals surface area contributed by atoms with Crippen molar-refractivity contribution in [3.63, 3.8) is 0 Å². The van der Waals surface area contributed by atoms with Crippen molar-refractivity contribution in [2.45, 2.75) is 26.4 Å². The lowest BCUT2D eigenvalue weighted by Gasteiger charge is -2.26. The van der Waals surface area contributed by atoms with E-state index >= 15 is 0 Å². The van der Waals surface area contributed by atoms with Gasteiger partial charge in [-0.3, -0.25) is 4.79 Å². The summed E-state index contributed by atoms with van der Waals surface area (Å²) in [5.41, 5.74) is -0.578. The Kier molecular flexibility index (Phi) is 2.84. The highest BCUT2D eigenvalue weighted by Crippen LogP contribution is 2.19. The largest absolute Gasteiger partial charge is 0.481 e. The van der Waals surface area contributed by atoms with E-state index in [2.05, 4.69) is 0 Å². The zero-order valence-corrected chi connectivity index (χ0v) is 6.84. The minimum absolute atomic E-state index is 0.475. The normalized spacial score (nSPS) is 14.8. The van der Waals surface area contributed by atoms with Gasteiger partial charge in [0.25, 0.3) is 0 Å². The molecular weight excluding hydrogens is 132 g/mol. The Labute approximate surface area is 61.0 Å². The van der Waals surface area contributed by atoms with E-state index in [0.717, 1.165) is 0 Å². The molecule has 1 atom stereocenters. The molecule has 0 aromatic heterocycles. The molecule has 60 valence electrons. The maximum atomic E-state index is 10.4. The summed E-state index contributed by atoms with van der Waals surface area (Å²) in [6.45, 7) is 5.14. The number of carbonyl (C=O) groups is 1. The van der Waals surface area contributed by atoms with Crippen molar-refractivity contribution >= 4 is 5.97 Å². The topological polar surface area (TPSA) is 46.5 Å². The van der Waals surface area contributed by atoms with Gasteiger partial charge in [0.2, 0.25) is 0 Å². The van der Waals surface area contributed by atoms with Crippen molar-refractivity contribution in [3.8, 4) is 0 Å². The molecule has 0 saturated carbocycles. The molecule has 3 nitrogen and oxygen atoms in total. The lowest BCUT2D eigenvalue weighted by molar-refractivity contribution is -0.150. The van der Waals surface area contributed by atoms with Gasteiger partial charge in [0, 0.05) is 7.11 Å². The average Bonchev–Trinajstić information content (AvgIpc) is 1.86. The number of hydrogen-bond acceptors (Lipinski definition) is 2. The predicted molar refractivity (Wildman–Crippen MR) is 37.9 cm³/mol. The SMILES string of the molecule is COC(C)(C)C(C)C(=O)O. The van der Waals surface area contributed by atoms with Gasteiger partial charge in [0.1, 0.15) is 0 Å². The Morgan fingerprint density at radius 3 is 2.10 bits per heavy atom. The second kappa shape index (κ2) is 3.01. The van der Waals surface area contributed by atoms with E-state index in [1.54, 1.807) is 20.8 Å². The smallest absolute Gasteiger partial charge is 0.309 e. The number of ether oxygens (including phenoxy) is 1. The lowest BCUT2D eigenvalue weighted by atomic mass is 9.93. The molecule has 3 heteroatoms. The van der Waals surface area contributed by atoms with Gasteiger partial charge in [-0.25, -0.2) is 0 Å². The molecule has 0 fully saturated rings. The third-order valence-corrected chi connectivity index (χ3v) is 1.94. The highest BCUT2D eigenvalue weighted by atomic mass is 16.5.